The highest BCUT2D eigenvalue weighted by Crippen LogP contribution is 2.19. The van der Waals surface area contributed by atoms with Gasteiger partial charge in [-0.1, -0.05) is 36.4 Å². The number of hydrogen-bond donors (Lipinski definition) is 1. The average Bonchev–Trinajstić information content (AvgIpc) is 3.16. The number of nitrogens with one attached hydrogen (secondary N) is 1. The molecule has 0 aliphatic heterocycles. The summed E-state index contributed by atoms with van der Waals surface area (Å²) in [6, 6.07) is 13.6. The molecule has 0 saturated heterocycles. The minimum atomic E-state index is -0.206. The van der Waals surface area contributed by atoms with E-state index in [1.165, 1.54) is 0 Å². The largest absolute Gasteiger partial charge is 0.483 e. The summed E-state index contributed by atoms with van der Waals surface area (Å²) in [5.41, 5.74) is 3.76. The van der Waals surface area contributed by atoms with Crippen molar-refractivity contribution in [1.82, 2.24) is 19.8 Å². The topological polar surface area (TPSA) is 76.5 Å². The summed E-state index contributed by atoms with van der Waals surface area (Å²) in [5, 5.41) is 2.88. The van der Waals surface area contributed by atoms with E-state index in [1.807, 2.05) is 60.9 Å². The Morgan fingerprint density at radius 2 is 1.85 bits per heavy atom. The summed E-state index contributed by atoms with van der Waals surface area (Å²) < 4.78 is 7.59. The number of carbonyl (C=O) groups excluding carboxylic acids is 2. The maximum Gasteiger partial charge on any atom is 0.257 e. The molecule has 2 aromatic carbocycles. The molecule has 0 bridgehead atoms. The molecular weight excluding hydrogens is 428 g/mol. The zero-order valence-corrected chi connectivity index (χ0v) is 19.9. The van der Waals surface area contributed by atoms with Gasteiger partial charge < -0.3 is 19.5 Å². The van der Waals surface area contributed by atoms with Gasteiger partial charge in [0.1, 0.15) is 18.1 Å². The van der Waals surface area contributed by atoms with Gasteiger partial charge >= 0.3 is 0 Å². The third kappa shape index (κ3) is 6.34. The zero-order valence-electron chi connectivity index (χ0n) is 19.9. The highest BCUT2D eigenvalue weighted by molar-refractivity contribution is 5.81. The minimum Gasteiger partial charge on any atom is -0.483 e. The van der Waals surface area contributed by atoms with Gasteiger partial charge in [0.2, 0.25) is 5.91 Å². The first-order valence-electron chi connectivity index (χ1n) is 11.3. The summed E-state index contributed by atoms with van der Waals surface area (Å²) >= 11 is 0. The van der Waals surface area contributed by atoms with Crippen molar-refractivity contribution in [1.29, 1.82) is 0 Å². The van der Waals surface area contributed by atoms with Crippen molar-refractivity contribution in [3.8, 4) is 5.75 Å². The standard InChI is InChI=1S/C27H32N4O3/c1-5-15-30(16-6-2)27(33)18-31-23-10-8-7-9-22(23)29-25(31)13-14-28-26(32)19-34-24-17-20(3)11-12-21(24)4/h5-12,17H,1-2,13-16,18-19H2,3-4H3,(H,28,32). The second-order valence-electron chi connectivity index (χ2n) is 8.14. The Labute approximate surface area is 200 Å². The van der Waals surface area contributed by atoms with E-state index in [0.29, 0.717) is 31.8 Å². The SMILES string of the molecule is C=CCN(CC=C)C(=O)Cn1c(CCNC(=O)COc2cc(C)ccc2C)nc2ccccc21. The van der Waals surface area contributed by atoms with Crippen LogP contribution in [0.3, 0.4) is 0 Å². The third-order valence-corrected chi connectivity index (χ3v) is 5.45. The number of nitrogens with zero attached hydrogens (tertiary/aromatic N) is 3. The van der Waals surface area contributed by atoms with E-state index in [-0.39, 0.29) is 25.0 Å². The second-order valence-corrected chi connectivity index (χ2v) is 8.14. The first-order chi connectivity index (χ1) is 16.4. The molecule has 2 amide bonds. The highest BCUT2D eigenvalue weighted by Gasteiger charge is 2.17. The molecule has 7 heteroatoms. The van der Waals surface area contributed by atoms with Crippen LogP contribution in [0.15, 0.2) is 67.8 Å². The minimum absolute atomic E-state index is 0.0461. The zero-order chi connectivity index (χ0) is 24.5. The van der Waals surface area contributed by atoms with Gasteiger partial charge in [-0.15, -0.1) is 13.2 Å². The van der Waals surface area contributed by atoms with Crippen LogP contribution in [0, 0.1) is 13.8 Å². The van der Waals surface area contributed by atoms with Gasteiger partial charge in [0, 0.05) is 26.1 Å². The number of fused-ring (bicyclic) bond motifs is 1. The smallest absolute Gasteiger partial charge is 0.257 e. The molecular formula is C27H32N4O3. The van der Waals surface area contributed by atoms with Crippen molar-refractivity contribution in [2.45, 2.75) is 26.8 Å². The van der Waals surface area contributed by atoms with Crippen molar-refractivity contribution in [3.63, 3.8) is 0 Å². The Hall–Kier alpha value is -3.87. The lowest BCUT2D eigenvalue weighted by Gasteiger charge is -2.20. The van der Waals surface area contributed by atoms with Crippen LogP contribution >= 0.6 is 0 Å². The van der Waals surface area contributed by atoms with E-state index >= 15 is 0 Å². The van der Waals surface area contributed by atoms with E-state index < -0.39 is 0 Å². The fraction of sp³-hybridized carbons (Fsp3) is 0.296. The van der Waals surface area contributed by atoms with Crippen LogP contribution in [0.4, 0.5) is 0 Å². The van der Waals surface area contributed by atoms with Crippen molar-refractivity contribution in [2.75, 3.05) is 26.2 Å². The number of imidazole rings is 1. The summed E-state index contributed by atoms with van der Waals surface area (Å²) in [5.74, 6) is 1.19. The number of carbonyl (C=O) groups is 2. The van der Waals surface area contributed by atoms with Gasteiger partial charge in [0.25, 0.3) is 5.91 Å². The maximum absolute atomic E-state index is 12.9. The molecule has 0 aliphatic rings. The highest BCUT2D eigenvalue weighted by atomic mass is 16.5. The van der Waals surface area contributed by atoms with Crippen LogP contribution < -0.4 is 10.1 Å². The summed E-state index contributed by atoms with van der Waals surface area (Å²) in [7, 11) is 0. The second kappa shape index (κ2) is 11.8. The van der Waals surface area contributed by atoms with Crippen LogP contribution in [0.1, 0.15) is 17.0 Å². The Bertz CT molecular complexity index is 1170. The monoisotopic (exact) mass is 460 g/mol. The number of hydrogen-bond acceptors (Lipinski definition) is 4. The molecule has 3 aromatic rings. The molecule has 0 unspecified atom stereocenters. The average molecular weight is 461 g/mol. The fourth-order valence-corrected chi connectivity index (χ4v) is 3.69. The molecule has 0 atom stereocenters. The quantitative estimate of drug-likeness (QED) is 0.419. The Balaban J connectivity index is 1.64. The molecule has 34 heavy (non-hydrogen) atoms. The van der Waals surface area contributed by atoms with E-state index in [4.69, 9.17) is 9.72 Å². The van der Waals surface area contributed by atoms with Gasteiger partial charge in [-0.25, -0.2) is 4.98 Å². The first kappa shape index (κ1) is 24.8. The predicted molar refractivity (Wildman–Crippen MR) is 135 cm³/mol. The van der Waals surface area contributed by atoms with Crippen molar-refractivity contribution >= 4 is 22.8 Å². The van der Waals surface area contributed by atoms with Crippen LogP contribution in [0.25, 0.3) is 11.0 Å². The number of aryl methyl sites for hydroxylation is 2. The van der Waals surface area contributed by atoms with Gasteiger partial charge in [0.05, 0.1) is 11.0 Å². The molecule has 1 N–H and O–H groups in total. The van der Waals surface area contributed by atoms with Gasteiger partial charge in [-0.2, -0.15) is 0 Å². The lowest BCUT2D eigenvalue weighted by molar-refractivity contribution is -0.130. The molecule has 1 heterocycles. The van der Waals surface area contributed by atoms with Crippen LogP contribution in [-0.4, -0.2) is 52.5 Å². The first-order valence-corrected chi connectivity index (χ1v) is 11.3. The fourth-order valence-electron chi connectivity index (χ4n) is 3.69. The molecule has 178 valence electrons. The molecule has 3 rings (SSSR count). The summed E-state index contributed by atoms with van der Waals surface area (Å²) in [6.07, 6.45) is 3.88. The number of aromatic nitrogens is 2. The molecule has 0 fully saturated rings. The number of benzene rings is 2. The number of ether oxygens (including phenoxy) is 1. The normalized spacial score (nSPS) is 10.6. The molecule has 1 aromatic heterocycles. The van der Waals surface area contributed by atoms with E-state index in [9.17, 15) is 9.59 Å². The Kier molecular flexibility index (Phi) is 8.62. The molecule has 7 nitrogen and oxygen atoms in total. The van der Waals surface area contributed by atoms with Gasteiger partial charge in [-0.05, 0) is 43.2 Å². The molecule has 0 saturated carbocycles. The third-order valence-electron chi connectivity index (χ3n) is 5.45. The number of rotatable bonds is 12. The van der Waals surface area contributed by atoms with E-state index in [2.05, 4.69) is 18.5 Å². The Morgan fingerprint density at radius 1 is 1.12 bits per heavy atom. The lowest BCUT2D eigenvalue weighted by atomic mass is 10.1. The number of amides is 2. The Morgan fingerprint density at radius 3 is 2.59 bits per heavy atom. The molecule has 0 radical (unpaired) electrons. The van der Waals surface area contributed by atoms with E-state index in [1.54, 1.807) is 17.1 Å². The van der Waals surface area contributed by atoms with Crippen LogP contribution in [0.2, 0.25) is 0 Å². The summed E-state index contributed by atoms with van der Waals surface area (Å²) in [6.45, 7) is 12.8. The maximum atomic E-state index is 12.9. The molecule has 0 aliphatic carbocycles. The van der Waals surface area contributed by atoms with Crippen LogP contribution in [0.5, 0.6) is 5.75 Å². The van der Waals surface area contributed by atoms with Gasteiger partial charge in [0.15, 0.2) is 6.61 Å². The van der Waals surface area contributed by atoms with Crippen molar-refractivity contribution in [2.24, 2.45) is 0 Å². The van der Waals surface area contributed by atoms with E-state index in [0.717, 1.165) is 28.0 Å². The van der Waals surface area contributed by atoms with Crippen molar-refractivity contribution < 1.29 is 14.3 Å². The summed E-state index contributed by atoms with van der Waals surface area (Å²) in [4.78, 5) is 31.6. The van der Waals surface area contributed by atoms with Crippen molar-refractivity contribution in [3.05, 3.63) is 84.7 Å². The van der Waals surface area contributed by atoms with Gasteiger partial charge in [-0.3, -0.25) is 9.59 Å². The predicted octanol–water partition coefficient (Wildman–Crippen LogP) is 3.59. The number of para-hydroxylation sites is 2. The van der Waals surface area contributed by atoms with Crippen LogP contribution in [-0.2, 0) is 22.6 Å². The molecule has 0 spiro atoms. The lowest BCUT2D eigenvalue weighted by Crippen LogP contribution is -2.35.